The molecule has 0 aliphatic carbocycles. The van der Waals surface area contributed by atoms with Crippen LogP contribution >= 0.6 is 0 Å². The van der Waals surface area contributed by atoms with Crippen LogP contribution in [0, 0.1) is 0 Å². The second-order valence-corrected chi connectivity index (χ2v) is 8.26. The average molecular weight is 606 g/mol. The van der Waals surface area contributed by atoms with Crippen LogP contribution in [0.25, 0.3) is 0 Å². The highest BCUT2D eigenvalue weighted by Crippen LogP contribution is 2.64. The summed E-state index contributed by atoms with van der Waals surface area (Å²) in [6, 6.07) is 0. The molecule has 0 bridgehead atoms. The van der Waals surface area contributed by atoms with Gasteiger partial charge in [-0.1, -0.05) is 0 Å². The van der Waals surface area contributed by atoms with Crippen molar-refractivity contribution in [3.05, 3.63) is 0 Å². The molecule has 0 aromatic rings. The molecule has 0 radical (unpaired) electrons. The number of ether oxygens (including phenoxy) is 4. The van der Waals surface area contributed by atoms with Crippen LogP contribution in [0.2, 0.25) is 0 Å². The van der Waals surface area contributed by atoms with E-state index in [0.29, 0.717) is 0 Å². The summed E-state index contributed by atoms with van der Waals surface area (Å²) >= 11 is 0. The van der Waals surface area contributed by atoms with Crippen LogP contribution in [0.4, 0.5) is 74.6 Å². The maximum absolute atomic E-state index is 14.2. The molecular formula is C17H15F17O4. The maximum atomic E-state index is 14.2. The Morgan fingerprint density at radius 2 is 0.921 bits per heavy atom. The van der Waals surface area contributed by atoms with Crippen molar-refractivity contribution in [1.82, 2.24) is 0 Å². The Balaban J connectivity index is 2.35. The molecule has 0 spiro atoms. The summed E-state index contributed by atoms with van der Waals surface area (Å²) in [4.78, 5) is 0. The average Bonchev–Trinajstić information content (AvgIpc) is 3.65. The second kappa shape index (κ2) is 9.93. The maximum Gasteiger partial charge on any atom is 0.460 e. The van der Waals surface area contributed by atoms with Crippen LogP contribution in [0.15, 0.2) is 0 Å². The van der Waals surface area contributed by atoms with Gasteiger partial charge in [-0.3, -0.25) is 0 Å². The van der Waals surface area contributed by atoms with Crippen molar-refractivity contribution in [2.45, 2.75) is 72.4 Å². The van der Waals surface area contributed by atoms with E-state index < -0.39 is 85.6 Å². The number of epoxide rings is 2. The molecule has 2 fully saturated rings. The second-order valence-electron chi connectivity index (χ2n) is 8.26. The first-order valence-corrected chi connectivity index (χ1v) is 9.92. The highest BCUT2D eigenvalue weighted by Gasteiger charge is 2.95. The van der Waals surface area contributed by atoms with Crippen LogP contribution in [0.5, 0.6) is 0 Å². The summed E-state index contributed by atoms with van der Waals surface area (Å²) in [6.07, 6.45) is -14.3. The van der Waals surface area contributed by atoms with Crippen molar-refractivity contribution in [3.63, 3.8) is 0 Å². The molecule has 2 aliphatic rings. The molecule has 3 atom stereocenters. The predicted molar refractivity (Wildman–Crippen MR) is 85.3 cm³/mol. The van der Waals surface area contributed by atoms with Crippen molar-refractivity contribution in [3.8, 4) is 0 Å². The van der Waals surface area contributed by atoms with Gasteiger partial charge < -0.3 is 18.9 Å². The SMILES string of the molecule is FC(F)(F)C(F)(F)C(F)(F)C(F)(F)C(F)(F)C(F)(F)C(F)(F)C(F)(F)CC(COCC1CO1)OCC1CO1. The largest absolute Gasteiger partial charge is 0.460 e. The van der Waals surface area contributed by atoms with Crippen LogP contribution in [0.3, 0.4) is 0 Å². The van der Waals surface area contributed by atoms with E-state index in [0.717, 1.165) is 0 Å². The van der Waals surface area contributed by atoms with Gasteiger partial charge in [-0.25, -0.2) is 0 Å². The minimum absolute atomic E-state index is 0.0355. The lowest BCUT2D eigenvalue weighted by Gasteiger charge is -2.43. The van der Waals surface area contributed by atoms with Crippen molar-refractivity contribution in [2.75, 3.05) is 33.0 Å². The molecule has 2 heterocycles. The van der Waals surface area contributed by atoms with Crippen molar-refractivity contribution >= 4 is 0 Å². The third kappa shape index (κ3) is 5.61. The van der Waals surface area contributed by atoms with Crippen molar-refractivity contribution in [2.24, 2.45) is 0 Å². The van der Waals surface area contributed by atoms with Crippen LogP contribution in [-0.4, -0.2) is 99.0 Å². The molecular weight excluding hydrogens is 591 g/mol. The molecule has 0 aromatic carbocycles. The summed E-state index contributed by atoms with van der Waals surface area (Å²) in [5.74, 6) is -56.6. The minimum Gasteiger partial charge on any atom is -0.376 e. The summed E-state index contributed by atoms with van der Waals surface area (Å²) in [6.45, 7) is -2.11. The van der Waals surface area contributed by atoms with E-state index in [-0.39, 0.29) is 19.8 Å². The van der Waals surface area contributed by atoms with E-state index in [1.165, 1.54) is 0 Å². The third-order valence-electron chi connectivity index (χ3n) is 5.20. The van der Waals surface area contributed by atoms with E-state index in [2.05, 4.69) is 14.2 Å². The van der Waals surface area contributed by atoms with Gasteiger partial charge in [-0.2, -0.15) is 74.6 Å². The Kier molecular flexibility index (Phi) is 8.59. The molecule has 2 aliphatic heterocycles. The molecule has 226 valence electrons. The van der Waals surface area contributed by atoms with E-state index in [4.69, 9.17) is 4.74 Å². The summed E-state index contributed by atoms with van der Waals surface area (Å²) < 4.78 is 246. The van der Waals surface area contributed by atoms with Crippen molar-refractivity contribution in [1.29, 1.82) is 0 Å². The molecule has 0 aromatic heterocycles. The fraction of sp³-hybridized carbons (Fsp3) is 1.00. The zero-order chi connectivity index (χ0) is 29.8. The molecule has 21 heteroatoms. The van der Waals surface area contributed by atoms with Gasteiger partial charge in [0.2, 0.25) is 0 Å². The molecule has 0 amide bonds. The fourth-order valence-electron chi connectivity index (χ4n) is 2.68. The van der Waals surface area contributed by atoms with Crippen LogP contribution in [-0.2, 0) is 18.9 Å². The zero-order valence-electron chi connectivity index (χ0n) is 18.0. The quantitative estimate of drug-likeness (QED) is 0.180. The van der Waals surface area contributed by atoms with Crippen molar-refractivity contribution < 1.29 is 93.6 Å². The van der Waals surface area contributed by atoms with Gasteiger partial charge >= 0.3 is 47.6 Å². The topological polar surface area (TPSA) is 43.5 Å². The molecule has 2 saturated heterocycles. The lowest BCUT2D eigenvalue weighted by molar-refractivity contribution is -0.462. The van der Waals surface area contributed by atoms with E-state index in [1.54, 1.807) is 0 Å². The number of halogens is 17. The first-order valence-electron chi connectivity index (χ1n) is 9.92. The van der Waals surface area contributed by atoms with E-state index >= 15 is 0 Å². The Bertz CT molecular complexity index is 820. The fourth-order valence-corrected chi connectivity index (χ4v) is 2.68. The van der Waals surface area contributed by atoms with E-state index in [9.17, 15) is 74.6 Å². The Morgan fingerprint density at radius 1 is 0.553 bits per heavy atom. The first-order chi connectivity index (χ1) is 16.8. The smallest absolute Gasteiger partial charge is 0.376 e. The van der Waals surface area contributed by atoms with Gasteiger partial charge in [-0.05, 0) is 0 Å². The summed E-state index contributed by atoms with van der Waals surface area (Å²) in [5.41, 5.74) is 0. The molecule has 3 unspecified atom stereocenters. The molecule has 0 saturated carbocycles. The van der Waals surface area contributed by atoms with Gasteiger partial charge in [0.25, 0.3) is 0 Å². The normalized spacial score (nSPS) is 23.0. The number of alkyl halides is 17. The molecule has 2 rings (SSSR count). The van der Waals surface area contributed by atoms with Gasteiger partial charge in [0.05, 0.1) is 39.1 Å². The molecule has 4 nitrogen and oxygen atoms in total. The highest BCUT2D eigenvalue weighted by molar-refractivity contribution is 5.15. The first kappa shape index (κ1) is 32.9. The van der Waals surface area contributed by atoms with E-state index in [1.807, 2.05) is 0 Å². The monoisotopic (exact) mass is 606 g/mol. The third-order valence-corrected chi connectivity index (χ3v) is 5.20. The van der Waals surface area contributed by atoms with Gasteiger partial charge in [0.15, 0.2) is 0 Å². The standard InChI is InChI=1S/C17H15F17O4/c18-10(19,1-7(36-5-9-6-38-9)2-35-3-8-4-37-8)11(20,21)12(22,23)13(24,25)14(26,27)15(28,29)16(30,31)17(32,33)34/h7-9H,1-6H2. The number of hydrogen-bond donors (Lipinski definition) is 0. The Hall–Kier alpha value is -1.35. The molecule has 38 heavy (non-hydrogen) atoms. The van der Waals surface area contributed by atoms with Crippen LogP contribution in [0.1, 0.15) is 6.42 Å². The minimum atomic E-state index is -8.66. The highest BCUT2D eigenvalue weighted by atomic mass is 19.4. The number of rotatable bonds is 15. The van der Waals surface area contributed by atoms with Gasteiger partial charge in [0.1, 0.15) is 12.2 Å². The Labute approximate surface area is 200 Å². The zero-order valence-corrected chi connectivity index (χ0v) is 18.0. The molecule has 0 N–H and O–H groups in total. The van der Waals surface area contributed by atoms with Crippen LogP contribution < -0.4 is 0 Å². The summed E-state index contributed by atoms with van der Waals surface area (Å²) in [7, 11) is 0. The Morgan fingerprint density at radius 3 is 1.32 bits per heavy atom. The van der Waals surface area contributed by atoms with Gasteiger partial charge in [-0.15, -0.1) is 0 Å². The summed E-state index contributed by atoms with van der Waals surface area (Å²) in [5, 5.41) is 0. The predicted octanol–water partition coefficient (Wildman–Crippen LogP) is 5.59. The lowest BCUT2D eigenvalue weighted by Crippen LogP contribution is -2.74. The lowest BCUT2D eigenvalue weighted by atomic mass is 9.87. The van der Waals surface area contributed by atoms with Gasteiger partial charge in [0, 0.05) is 6.42 Å². The number of hydrogen-bond acceptors (Lipinski definition) is 4.